The monoisotopic (exact) mass is 233 g/mol. The van der Waals surface area contributed by atoms with E-state index in [0.29, 0.717) is 5.92 Å². The molecule has 0 radical (unpaired) electrons. The van der Waals surface area contributed by atoms with Gasteiger partial charge in [0.25, 0.3) is 0 Å². The van der Waals surface area contributed by atoms with E-state index in [1.54, 1.807) is 0 Å². The lowest BCUT2D eigenvalue weighted by Gasteiger charge is -2.18. The Balaban J connectivity index is 2.01. The van der Waals surface area contributed by atoms with E-state index in [-0.39, 0.29) is 0 Å². The zero-order chi connectivity index (χ0) is 11.0. The van der Waals surface area contributed by atoms with Crippen molar-refractivity contribution in [1.29, 1.82) is 0 Å². The Kier molecular flexibility index (Phi) is 2.52. The second kappa shape index (κ2) is 4.01. The topological polar surface area (TPSA) is 43.3 Å². The molecular weight excluding hydrogens is 218 g/mol. The average molecular weight is 233 g/mol. The highest BCUT2D eigenvalue weighted by Gasteiger charge is 2.18. The van der Waals surface area contributed by atoms with Gasteiger partial charge in [-0.25, -0.2) is 4.98 Å². The second-order valence-corrected chi connectivity index (χ2v) is 5.41. The molecule has 0 amide bonds. The van der Waals surface area contributed by atoms with Crippen molar-refractivity contribution in [2.24, 2.45) is 0 Å². The second-order valence-electron chi connectivity index (χ2n) is 4.26. The number of hydrogen-bond donors (Lipinski definition) is 1. The maximum Gasteiger partial charge on any atom is 0.138 e. The van der Waals surface area contributed by atoms with Gasteiger partial charge in [0, 0.05) is 17.9 Å². The summed E-state index contributed by atoms with van der Waals surface area (Å²) in [4.78, 5) is 4.67. The standard InChI is InChI=1S/C12H15N3S/c13-11-4-1-5-12-14-10(7-15(11)12)9-3-2-6-16-8-9/h1,4-5,7,9H,2-3,6,8,13H2. The third kappa shape index (κ3) is 1.67. The highest BCUT2D eigenvalue weighted by Crippen LogP contribution is 2.30. The normalized spacial score (nSPS) is 21.4. The number of nitrogens with zero attached hydrogens (tertiary/aromatic N) is 2. The average Bonchev–Trinajstić information content (AvgIpc) is 2.76. The Morgan fingerprint density at radius 2 is 2.38 bits per heavy atom. The van der Waals surface area contributed by atoms with E-state index < -0.39 is 0 Å². The molecule has 0 saturated carbocycles. The molecule has 1 saturated heterocycles. The van der Waals surface area contributed by atoms with Crippen molar-refractivity contribution in [1.82, 2.24) is 9.38 Å². The van der Waals surface area contributed by atoms with Crippen molar-refractivity contribution in [2.75, 3.05) is 17.2 Å². The van der Waals surface area contributed by atoms with Crippen LogP contribution in [0.15, 0.2) is 24.4 Å². The number of thioether (sulfide) groups is 1. The molecule has 3 nitrogen and oxygen atoms in total. The predicted octanol–water partition coefficient (Wildman–Crippen LogP) is 2.53. The van der Waals surface area contributed by atoms with Crippen molar-refractivity contribution in [3.8, 4) is 0 Å². The fourth-order valence-electron chi connectivity index (χ4n) is 2.22. The third-order valence-electron chi connectivity index (χ3n) is 3.12. The van der Waals surface area contributed by atoms with Gasteiger partial charge < -0.3 is 5.73 Å². The first-order valence-corrected chi connectivity index (χ1v) is 6.81. The van der Waals surface area contributed by atoms with Crippen molar-refractivity contribution < 1.29 is 0 Å². The number of aromatic nitrogens is 2. The zero-order valence-electron chi connectivity index (χ0n) is 9.10. The predicted molar refractivity (Wildman–Crippen MR) is 68.9 cm³/mol. The summed E-state index contributed by atoms with van der Waals surface area (Å²) in [5.41, 5.74) is 8.08. The summed E-state index contributed by atoms with van der Waals surface area (Å²) in [6.45, 7) is 0. The van der Waals surface area contributed by atoms with Crippen LogP contribution < -0.4 is 5.73 Å². The summed E-state index contributed by atoms with van der Waals surface area (Å²) in [6, 6.07) is 5.88. The number of rotatable bonds is 1. The molecule has 1 aliphatic rings. The molecule has 1 unspecified atom stereocenters. The van der Waals surface area contributed by atoms with Crippen molar-refractivity contribution in [2.45, 2.75) is 18.8 Å². The van der Waals surface area contributed by atoms with Crippen LogP contribution in [0.5, 0.6) is 0 Å². The lowest BCUT2D eigenvalue weighted by Crippen LogP contribution is -2.08. The SMILES string of the molecule is Nc1cccc2nc(C3CCCSC3)cn12. The summed E-state index contributed by atoms with van der Waals surface area (Å²) in [5.74, 6) is 3.87. The molecule has 0 aliphatic carbocycles. The number of pyridine rings is 1. The lowest BCUT2D eigenvalue weighted by molar-refractivity contribution is 0.647. The molecule has 1 fully saturated rings. The number of hydrogen-bond acceptors (Lipinski definition) is 3. The summed E-state index contributed by atoms with van der Waals surface area (Å²) < 4.78 is 1.98. The first-order chi connectivity index (χ1) is 7.84. The number of nitrogens with two attached hydrogens (primary N) is 1. The maximum atomic E-state index is 5.92. The van der Waals surface area contributed by atoms with Crippen molar-refractivity contribution in [3.05, 3.63) is 30.1 Å². The molecule has 1 aliphatic heterocycles. The van der Waals surface area contributed by atoms with E-state index in [9.17, 15) is 0 Å². The quantitative estimate of drug-likeness (QED) is 0.823. The van der Waals surface area contributed by atoms with Crippen molar-refractivity contribution >= 4 is 23.2 Å². The molecule has 4 heteroatoms. The van der Waals surface area contributed by atoms with Crippen LogP contribution in [-0.2, 0) is 0 Å². The van der Waals surface area contributed by atoms with Crippen LogP contribution in [0.3, 0.4) is 0 Å². The Bertz CT molecular complexity index is 500. The summed E-state index contributed by atoms with van der Waals surface area (Å²) >= 11 is 2.03. The van der Waals surface area contributed by atoms with Gasteiger partial charge in [-0.15, -0.1) is 0 Å². The molecule has 0 bridgehead atoms. The molecule has 1 atom stereocenters. The van der Waals surface area contributed by atoms with E-state index in [4.69, 9.17) is 5.73 Å². The van der Waals surface area contributed by atoms with E-state index >= 15 is 0 Å². The lowest BCUT2D eigenvalue weighted by atomic mass is 10.0. The number of fused-ring (bicyclic) bond motifs is 1. The molecule has 2 N–H and O–H groups in total. The van der Waals surface area contributed by atoms with Crippen LogP contribution in [0, 0.1) is 0 Å². The number of nitrogen functional groups attached to an aromatic ring is 1. The van der Waals surface area contributed by atoms with Gasteiger partial charge in [0.2, 0.25) is 0 Å². The molecule has 16 heavy (non-hydrogen) atoms. The van der Waals surface area contributed by atoms with Gasteiger partial charge in [0.1, 0.15) is 11.5 Å². The Morgan fingerprint density at radius 3 is 3.12 bits per heavy atom. The molecule has 2 aromatic heterocycles. The van der Waals surface area contributed by atoms with E-state index in [0.717, 1.165) is 11.5 Å². The van der Waals surface area contributed by atoms with Crippen LogP contribution in [0.4, 0.5) is 5.82 Å². The fraction of sp³-hybridized carbons (Fsp3) is 0.417. The van der Waals surface area contributed by atoms with Gasteiger partial charge in [-0.3, -0.25) is 4.40 Å². The Morgan fingerprint density at radius 1 is 1.44 bits per heavy atom. The van der Waals surface area contributed by atoms with Gasteiger partial charge in [0.05, 0.1) is 5.69 Å². The van der Waals surface area contributed by atoms with Gasteiger partial charge >= 0.3 is 0 Å². The van der Waals surface area contributed by atoms with Gasteiger partial charge in [-0.2, -0.15) is 11.8 Å². The van der Waals surface area contributed by atoms with Gasteiger partial charge in [-0.05, 0) is 30.7 Å². The molecule has 84 valence electrons. The van der Waals surface area contributed by atoms with Gasteiger partial charge in [-0.1, -0.05) is 6.07 Å². The molecule has 3 heterocycles. The van der Waals surface area contributed by atoms with E-state index in [1.165, 1.54) is 30.0 Å². The summed E-state index contributed by atoms with van der Waals surface area (Å²) in [5, 5.41) is 0. The molecular formula is C12H15N3S. The number of anilines is 1. The smallest absolute Gasteiger partial charge is 0.138 e. The Labute approximate surface area is 99.1 Å². The summed E-state index contributed by atoms with van der Waals surface area (Å²) in [6.07, 6.45) is 4.66. The first-order valence-electron chi connectivity index (χ1n) is 5.66. The van der Waals surface area contributed by atoms with Crippen LogP contribution in [-0.4, -0.2) is 20.9 Å². The zero-order valence-corrected chi connectivity index (χ0v) is 9.91. The van der Waals surface area contributed by atoms with E-state index in [2.05, 4.69) is 11.2 Å². The van der Waals surface area contributed by atoms with Gasteiger partial charge in [0.15, 0.2) is 0 Å². The summed E-state index contributed by atoms with van der Waals surface area (Å²) in [7, 11) is 0. The van der Waals surface area contributed by atoms with Crippen LogP contribution in [0.1, 0.15) is 24.5 Å². The van der Waals surface area contributed by atoms with Crippen LogP contribution >= 0.6 is 11.8 Å². The molecule has 0 spiro atoms. The maximum absolute atomic E-state index is 5.92. The minimum absolute atomic E-state index is 0.609. The minimum atomic E-state index is 0.609. The molecule has 3 rings (SSSR count). The molecule has 2 aromatic rings. The van der Waals surface area contributed by atoms with Crippen LogP contribution in [0.2, 0.25) is 0 Å². The molecule has 0 aromatic carbocycles. The third-order valence-corrected chi connectivity index (χ3v) is 4.34. The highest BCUT2D eigenvalue weighted by molar-refractivity contribution is 7.99. The first kappa shape index (κ1) is 10.0. The van der Waals surface area contributed by atoms with Crippen LogP contribution in [0.25, 0.3) is 5.65 Å². The number of imidazole rings is 1. The largest absolute Gasteiger partial charge is 0.385 e. The fourth-order valence-corrected chi connectivity index (χ4v) is 3.38. The minimum Gasteiger partial charge on any atom is -0.385 e. The van der Waals surface area contributed by atoms with E-state index in [1.807, 2.05) is 34.4 Å². The Hall–Kier alpha value is -1.16. The van der Waals surface area contributed by atoms with Crippen molar-refractivity contribution in [3.63, 3.8) is 0 Å². The highest BCUT2D eigenvalue weighted by atomic mass is 32.2.